The van der Waals surface area contributed by atoms with Gasteiger partial charge in [0.25, 0.3) is 0 Å². The van der Waals surface area contributed by atoms with Gasteiger partial charge in [0.2, 0.25) is 5.91 Å². The minimum absolute atomic E-state index is 0.0551. The molecule has 0 saturated carbocycles. The SMILES string of the molecule is CC(C)(CCc1ccccc1)NCCC(=O)N1CCNCC1. The fourth-order valence-corrected chi connectivity index (χ4v) is 2.77. The summed E-state index contributed by atoms with van der Waals surface area (Å²) in [5.74, 6) is 0.271. The monoisotopic (exact) mass is 303 g/mol. The minimum atomic E-state index is 0.0551. The van der Waals surface area contributed by atoms with Crippen LogP contribution in [0, 0.1) is 0 Å². The minimum Gasteiger partial charge on any atom is -0.340 e. The van der Waals surface area contributed by atoms with Gasteiger partial charge in [-0.2, -0.15) is 0 Å². The maximum absolute atomic E-state index is 12.1. The first kappa shape index (κ1) is 17.0. The lowest BCUT2D eigenvalue weighted by Gasteiger charge is -2.29. The van der Waals surface area contributed by atoms with Gasteiger partial charge < -0.3 is 15.5 Å². The number of carbonyl (C=O) groups excluding carboxylic acids is 1. The molecule has 1 aromatic rings. The Hall–Kier alpha value is -1.39. The summed E-state index contributed by atoms with van der Waals surface area (Å²) >= 11 is 0. The van der Waals surface area contributed by atoms with Gasteiger partial charge in [-0.3, -0.25) is 4.79 Å². The third-order valence-electron chi connectivity index (χ3n) is 4.29. The highest BCUT2D eigenvalue weighted by atomic mass is 16.2. The summed E-state index contributed by atoms with van der Waals surface area (Å²) in [5, 5.41) is 6.81. The summed E-state index contributed by atoms with van der Waals surface area (Å²) in [6, 6.07) is 10.6. The second kappa shape index (κ2) is 8.30. The molecule has 0 aliphatic carbocycles. The molecule has 4 nitrogen and oxygen atoms in total. The number of amides is 1. The lowest BCUT2D eigenvalue weighted by atomic mass is 9.95. The van der Waals surface area contributed by atoms with Gasteiger partial charge in [-0.1, -0.05) is 30.3 Å². The van der Waals surface area contributed by atoms with Gasteiger partial charge in [-0.15, -0.1) is 0 Å². The Morgan fingerprint density at radius 2 is 1.91 bits per heavy atom. The van der Waals surface area contributed by atoms with E-state index >= 15 is 0 Å². The second-order valence-corrected chi connectivity index (χ2v) is 6.68. The molecule has 0 radical (unpaired) electrons. The summed E-state index contributed by atoms with van der Waals surface area (Å²) in [4.78, 5) is 14.1. The topological polar surface area (TPSA) is 44.4 Å². The van der Waals surface area contributed by atoms with Crippen LogP contribution in [0.15, 0.2) is 30.3 Å². The Labute approximate surface area is 134 Å². The van der Waals surface area contributed by atoms with Crippen molar-refractivity contribution in [2.24, 2.45) is 0 Å². The second-order valence-electron chi connectivity index (χ2n) is 6.68. The highest BCUT2D eigenvalue weighted by Crippen LogP contribution is 2.13. The van der Waals surface area contributed by atoms with Gasteiger partial charge in [0, 0.05) is 44.7 Å². The van der Waals surface area contributed by atoms with Crippen LogP contribution in [0.5, 0.6) is 0 Å². The smallest absolute Gasteiger partial charge is 0.223 e. The van der Waals surface area contributed by atoms with Crippen LogP contribution in [-0.2, 0) is 11.2 Å². The van der Waals surface area contributed by atoms with Gasteiger partial charge in [0.1, 0.15) is 0 Å². The van der Waals surface area contributed by atoms with Crippen LogP contribution in [0.4, 0.5) is 0 Å². The number of hydrogen-bond acceptors (Lipinski definition) is 3. The van der Waals surface area contributed by atoms with E-state index in [2.05, 4.69) is 54.8 Å². The molecule has 0 spiro atoms. The maximum Gasteiger partial charge on any atom is 0.223 e. The van der Waals surface area contributed by atoms with Crippen molar-refractivity contribution in [2.45, 2.75) is 38.6 Å². The van der Waals surface area contributed by atoms with Crippen molar-refractivity contribution in [3.8, 4) is 0 Å². The maximum atomic E-state index is 12.1. The first-order valence-corrected chi connectivity index (χ1v) is 8.34. The zero-order valence-corrected chi connectivity index (χ0v) is 13.9. The summed E-state index contributed by atoms with van der Waals surface area (Å²) in [5.41, 5.74) is 1.42. The highest BCUT2D eigenvalue weighted by molar-refractivity contribution is 5.76. The first-order chi connectivity index (χ1) is 10.6. The van der Waals surface area contributed by atoms with Crippen LogP contribution < -0.4 is 10.6 Å². The molecule has 1 amide bonds. The molecule has 122 valence electrons. The predicted octanol–water partition coefficient (Wildman–Crippen LogP) is 1.81. The molecule has 0 bridgehead atoms. The molecule has 1 aromatic carbocycles. The number of nitrogens with one attached hydrogen (secondary N) is 2. The molecule has 22 heavy (non-hydrogen) atoms. The van der Waals surface area contributed by atoms with Gasteiger partial charge in [0.15, 0.2) is 0 Å². The largest absolute Gasteiger partial charge is 0.340 e. The van der Waals surface area contributed by atoms with Crippen LogP contribution in [0.1, 0.15) is 32.3 Å². The van der Waals surface area contributed by atoms with E-state index in [1.807, 2.05) is 4.90 Å². The third-order valence-corrected chi connectivity index (χ3v) is 4.29. The molecular formula is C18H29N3O. The number of aryl methyl sites for hydroxylation is 1. The molecule has 2 rings (SSSR count). The van der Waals surface area contributed by atoms with E-state index in [-0.39, 0.29) is 11.4 Å². The predicted molar refractivity (Wildman–Crippen MR) is 90.9 cm³/mol. The van der Waals surface area contributed by atoms with Crippen molar-refractivity contribution in [3.05, 3.63) is 35.9 Å². The van der Waals surface area contributed by atoms with Crippen molar-refractivity contribution < 1.29 is 4.79 Å². The number of hydrogen-bond donors (Lipinski definition) is 2. The molecular weight excluding hydrogens is 274 g/mol. The Balaban J connectivity index is 1.67. The summed E-state index contributed by atoms with van der Waals surface area (Å²) in [6.45, 7) is 8.71. The molecule has 0 unspecified atom stereocenters. The standard InChI is InChI=1S/C18H29N3O/c1-18(2,10-8-16-6-4-3-5-7-16)20-11-9-17(22)21-14-12-19-13-15-21/h3-7,19-20H,8-15H2,1-2H3. The van der Waals surface area contributed by atoms with Crippen molar-refractivity contribution >= 4 is 5.91 Å². The van der Waals surface area contributed by atoms with Gasteiger partial charge >= 0.3 is 0 Å². The number of rotatable bonds is 7. The van der Waals surface area contributed by atoms with E-state index < -0.39 is 0 Å². The lowest BCUT2D eigenvalue weighted by molar-refractivity contribution is -0.131. The zero-order valence-electron chi connectivity index (χ0n) is 13.9. The average molecular weight is 303 g/mol. The number of nitrogens with zero attached hydrogens (tertiary/aromatic N) is 1. The Bertz CT molecular complexity index is 453. The average Bonchev–Trinajstić information content (AvgIpc) is 2.55. The third kappa shape index (κ3) is 5.78. The van der Waals surface area contributed by atoms with Crippen LogP contribution in [-0.4, -0.2) is 49.1 Å². The van der Waals surface area contributed by atoms with Gasteiger partial charge in [0.05, 0.1) is 0 Å². The number of benzene rings is 1. The van der Waals surface area contributed by atoms with E-state index in [4.69, 9.17) is 0 Å². The van der Waals surface area contributed by atoms with Crippen LogP contribution >= 0.6 is 0 Å². The molecule has 2 N–H and O–H groups in total. The van der Waals surface area contributed by atoms with Crippen LogP contribution in [0.25, 0.3) is 0 Å². The molecule has 4 heteroatoms. The van der Waals surface area contributed by atoms with Crippen LogP contribution in [0.2, 0.25) is 0 Å². The Kier molecular flexibility index (Phi) is 6.40. The Morgan fingerprint density at radius 1 is 1.23 bits per heavy atom. The highest BCUT2D eigenvalue weighted by Gasteiger charge is 2.19. The van der Waals surface area contributed by atoms with Gasteiger partial charge in [-0.05, 0) is 32.3 Å². The van der Waals surface area contributed by atoms with Crippen molar-refractivity contribution in [2.75, 3.05) is 32.7 Å². The zero-order chi connectivity index (χ0) is 15.8. The fraction of sp³-hybridized carbons (Fsp3) is 0.611. The summed E-state index contributed by atoms with van der Waals surface area (Å²) in [7, 11) is 0. The molecule has 1 heterocycles. The molecule has 1 fully saturated rings. The molecule has 1 aliphatic heterocycles. The molecule has 1 saturated heterocycles. The fourth-order valence-electron chi connectivity index (χ4n) is 2.77. The van der Waals surface area contributed by atoms with Crippen molar-refractivity contribution in [3.63, 3.8) is 0 Å². The van der Waals surface area contributed by atoms with E-state index in [0.29, 0.717) is 6.42 Å². The normalized spacial score (nSPS) is 15.8. The molecule has 0 aromatic heterocycles. The first-order valence-electron chi connectivity index (χ1n) is 8.34. The molecule has 0 atom stereocenters. The summed E-state index contributed by atoms with van der Waals surface area (Å²) < 4.78 is 0. The number of carbonyl (C=O) groups is 1. The van der Waals surface area contributed by atoms with Crippen molar-refractivity contribution in [1.82, 2.24) is 15.5 Å². The van der Waals surface area contributed by atoms with Crippen LogP contribution in [0.3, 0.4) is 0 Å². The molecule has 1 aliphatic rings. The Morgan fingerprint density at radius 3 is 2.59 bits per heavy atom. The van der Waals surface area contributed by atoms with Crippen molar-refractivity contribution in [1.29, 1.82) is 0 Å². The van der Waals surface area contributed by atoms with E-state index in [9.17, 15) is 4.79 Å². The van der Waals surface area contributed by atoms with E-state index in [1.54, 1.807) is 0 Å². The van der Waals surface area contributed by atoms with E-state index in [1.165, 1.54) is 5.56 Å². The number of piperazine rings is 1. The lowest BCUT2D eigenvalue weighted by Crippen LogP contribution is -2.48. The quantitative estimate of drug-likeness (QED) is 0.807. The van der Waals surface area contributed by atoms with E-state index in [0.717, 1.165) is 45.6 Å². The van der Waals surface area contributed by atoms with Gasteiger partial charge in [-0.25, -0.2) is 0 Å². The summed E-state index contributed by atoms with van der Waals surface area (Å²) in [6.07, 6.45) is 2.72.